The Morgan fingerprint density at radius 3 is 2.50 bits per heavy atom. The van der Waals surface area contributed by atoms with E-state index in [1.165, 1.54) is 7.11 Å². The largest absolute Gasteiger partial charge is 0.497 e. The highest BCUT2D eigenvalue weighted by molar-refractivity contribution is 7.92. The molecule has 1 aromatic heterocycles. The standard InChI is InChI=1S/C19H20N2O4S/c1-12-8-9-15(19-13(2)14(3)20-25-19)10-18(12)26(22,23)21-16-6-5-7-17(11-16)24-4/h5-11,21H,1-4H3. The molecule has 0 saturated heterocycles. The summed E-state index contributed by atoms with van der Waals surface area (Å²) in [4.78, 5) is 0.186. The first kappa shape index (κ1) is 18.0. The second-order valence-corrected chi connectivity index (χ2v) is 7.69. The summed E-state index contributed by atoms with van der Waals surface area (Å²) in [6.45, 7) is 5.49. The Morgan fingerprint density at radius 1 is 1.08 bits per heavy atom. The lowest BCUT2D eigenvalue weighted by Gasteiger charge is -2.12. The number of aryl methyl sites for hydroxylation is 2. The summed E-state index contributed by atoms with van der Waals surface area (Å²) in [6, 6.07) is 12.0. The first-order valence-electron chi connectivity index (χ1n) is 8.02. The minimum Gasteiger partial charge on any atom is -0.497 e. The summed E-state index contributed by atoms with van der Waals surface area (Å²) in [5.41, 5.74) is 3.40. The van der Waals surface area contributed by atoms with Gasteiger partial charge in [0.2, 0.25) is 0 Å². The Morgan fingerprint density at radius 2 is 1.85 bits per heavy atom. The number of hydrogen-bond donors (Lipinski definition) is 1. The van der Waals surface area contributed by atoms with Crippen LogP contribution >= 0.6 is 0 Å². The molecule has 0 aliphatic rings. The molecule has 0 saturated carbocycles. The van der Waals surface area contributed by atoms with Gasteiger partial charge in [-0.15, -0.1) is 0 Å². The van der Waals surface area contributed by atoms with E-state index in [9.17, 15) is 8.42 Å². The van der Waals surface area contributed by atoms with Gasteiger partial charge in [-0.2, -0.15) is 0 Å². The van der Waals surface area contributed by atoms with E-state index in [4.69, 9.17) is 9.26 Å². The van der Waals surface area contributed by atoms with Crippen LogP contribution in [0, 0.1) is 20.8 Å². The lowest BCUT2D eigenvalue weighted by Crippen LogP contribution is -2.14. The van der Waals surface area contributed by atoms with E-state index in [1.54, 1.807) is 43.3 Å². The molecule has 0 amide bonds. The van der Waals surface area contributed by atoms with Crippen molar-refractivity contribution < 1.29 is 17.7 Å². The molecule has 0 aliphatic heterocycles. The molecule has 0 bridgehead atoms. The minimum atomic E-state index is -3.77. The van der Waals surface area contributed by atoms with E-state index in [0.29, 0.717) is 28.3 Å². The van der Waals surface area contributed by atoms with Crippen molar-refractivity contribution in [3.63, 3.8) is 0 Å². The molecule has 0 unspecified atom stereocenters. The molecule has 26 heavy (non-hydrogen) atoms. The number of rotatable bonds is 5. The van der Waals surface area contributed by atoms with Crippen LogP contribution in [0.2, 0.25) is 0 Å². The SMILES string of the molecule is COc1cccc(NS(=O)(=O)c2cc(-c3onc(C)c3C)ccc2C)c1. The highest BCUT2D eigenvalue weighted by Gasteiger charge is 2.20. The molecule has 0 radical (unpaired) electrons. The van der Waals surface area contributed by atoms with Crippen molar-refractivity contribution in [2.45, 2.75) is 25.7 Å². The van der Waals surface area contributed by atoms with Crippen molar-refractivity contribution in [2.24, 2.45) is 0 Å². The zero-order valence-corrected chi connectivity index (χ0v) is 15.8. The molecule has 1 heterocycles. The van der Waals surface area contributed by atoms with E-state index in [-0.39, 0.29) is 4.90 Å². The third-order valence-corrected chi connectivity index (χ3v) is 5.74. The highest BCUT2D eigenvalue weighted by Crippen LogP contribution is 2.30. The molecule has 6 nitrogen and oxygen atoms in total. The van der Waals surface area contributed by atoms with Gasteiger partial charge < -0.3 is 9.26 Å². The van der Waals surface area contributed by atoms with Gasteiger partial charge >= 0.3 is 0 Å². The zero-order chi connectivity index (χ0) is 18.9. The average Bonchev–Trinajstić information content (AvgIpc) is 2.94. The fourth-order valence-corrected chi connectivity index (χ4v) is 3.93. The number of benzene rings is 2. The van der Waals surface area contributed by atoms with Crippen LogP contribution in [0.3, 0.4) is 0 Å². The van der Waals surface area contributed by atoms with Crippen molar-refractivity contribution in [1.29, 1.82) is 0 Å². The van der Waals surface area contributed by atoms with Crippen molar-refractivity contribution in [3.8, 4) is 17.1 Å². The fourth-order valence-electron chi connectivity index (χ4n) is 2.61. The Hall–Kier alpha value is -2.80. The van der Waals surface area contributed by atoms with Gasteiger partial charge in [-0.1, -0.05) is 23.4 Å². The number of nitrogens with zero attached hydrogens (tertiary/aromatic N) is 1. The number of methoxy groups -OCH3 is 1. The first-order chi connectivity index (χ1) is 12.3. The van der Waals surface area contributed by atoms with E-state index in [2.05, 4.69) is 9.88 Å². The van der Waals surface area contributed by atoms with Gasteiger partial charge in [0.25, 0.3) is 10.0 Å². The van der Waals surface area contributed by atoms with Crippen LogP contribution in [0.15, 0.2) is 51.9 Å². The Balaban J connectivity index is 2.01. The molecule has 0 fully saturated rings. The fraction of sp³-hybridized carbons (Fsp3) is 0.211. The number of aromatic nitrogens is 1. The van der Waals surface area contributed by atoms with E-state index in [0.717, 1.165) is 11.3 Å². The van der Waals surface area contributed by atoms with Crippen LogP contribution in [0.5, 0.6) is 5.75 Å². The second kappa shape index (κ2) is 6.84. The van der Waals surface area contributed by atoms with Crippen molar-refractivity contribution in [2.75, 3.05) is 11.8 Å². The predicted molar refractivity (Wildman–Crippen MR) is 100.0 cm³/mol. The summed E-state index contributed by atoms with van der Waals surface area (Å²) in [6.07, 6.45) is 0. The third kappa shape index (κ3) is 3.43. The lowest BCUT2D eigenvalue weighted by atomic mass is 10.1. The molecular weight excluding hydrogens is 352 g/mol. The average molecular weight is 372 g/mol. The van der Waals surface area contributed by atoms with Crippen LogP contribution in [0.4, 0.5) is 5.69 Å². The zero-order valence-electron chi connectivity index (χ0n) is 15.0. The normalized spacial score (nSPS) is 11.4. The summed E-state index contributed by atoms with van der Waals surface area (Å²) >= 11 is 0. The lowest BCUT2D eigenvalue weighted by molar-refractivity contribution is 0.415. The highest BCUT2D eigenvalue weighted by atomic mass is 32.2. The molecule has 7 heteroatoms. The van der Waals surface area contributed by atoms with Gasteiger partial charge in [0, 0.05) is 17.2 Å². The van der Waals surface area contributed by atoms with E-state index < -0.39 is 10.0 Å². The number of anilines is 1. The van der Waals surface area contributed by atoms with Gasteiger partial charge in [-0.25, -0.2) is 8.42 Å². The Labute approximate surface area is 152 Å². The molecule has 3 aromatic rings. The van der Waals surface area contributed by atoms with Crippen LogP contribution in [0.1, 0.15) is 16.8 Å². The van der Waals surface area contributed by atoms with Crippen LogP contribution in [-0.4, -0.2) is 20.7 Å². The number of nitrogens with one attached hydrogen (secondary N) is 1. The third-order valence-electron chi connectivity index (χ3n) is 4.22. The van der Waals surface area contributed by atoms with Crippen molar-refractivity contribution in [3.05, 3.63) is 59.3 Å². The molecule has 0 atom stereocenters. The van der Waals surface area contributed by atoms with Gasteiger partial charge in [0.15, 0.2) is 5.76 Å². The molecule has 2 aromatic carbocycles. The molecular formula is C19H20N2O4S. The van der Waals surface area contributed by atoms with Crippen LogP contribution in [0.25, 0.3) is 11.3 Å². The number of hydrogen-bond acceptors (Lipinski definition) is 5. The quantitative estimate of drug-likeness (QED) is 0.730. The van der Waals surface area contributed by atoms with Gasteiger partial charge in [0.05, 0.1) is 23.4 Å². The summed E-state index contributed by atoms with van der Waals surface area (Å²) < 4.78 is 38.9. The van der Waals surface area contributed by atoms with Crippen LogP contribution < -0.4 is 9.46 Å². The maximum Gasteiger partial charge on any atom is 0.262 e. The molecule has 0 spiro atoms. The summed E-state index contributed by atoms with van der Waals surface area (Å²) in [5.74, 6) is 1.14. The van der Waals surface area contributed by atoms with E-state index >= 15 is 0 Å². The van der Waals surface area contributed by atoms with Crippen molar-refractivity contribution >= 4 is 15.7 Å². The molecule has 0 aliphatic carbocycles. The van der Waals surface area contributed by atoms with Gasteiger partial charge in [0.1, 0.15) is 5.75 Å². The summed E-state index contributed by atoms with van der Waals surface area (Å²) in [5, 5.41) is 3.94. The van der Waals surface area contributed by atoms with Crippen LogP contribution in [-0.2, 0) is 10.0 Å². The number of sulfonamides is 1. The first-order valence-corrected chi connectivity index (χ1v) is 9.51. The summed E-state index contributed by atoms with van der Waals surface area (Å²) in [7, 11) is -2.24. The van der Waals surface area contributed by atoms with Gasteiger partial charge in [-0.3, -0.25) is 4.72 Å². The topological polar surface area (TPSA) is 81.4 Å². The Bertz CT molecular complexity index is 1060. The van der Waals surface area contributed by atoms with E-state index in [1.807, 2.05) is 19.9 Å². The smallest absolute Gasteiger partial charge is 0.262 e. The molecule has 1 N–H and O–H groups in total. The predicted octanol–water partition coefficient (Wildman–Crippen LogP) is 4.08. The maximum absolute atomic E-state index is 12.9. The molecule has 3 rings (SSSR count). The Kier molecular flexibility index (Phi) is 4.73. The number of ether oxygens (including phenoxy) is 1. The maximum atomic E-state index is 12.9. The minimum absolute atomic E-state index is 0.186. The second-order valence-electron chi connectivity index (χ2n) is 6.04. The van der Waals surface area contributed by atoms with Crippen molar-refractivity contribution in [1.82, 2.24) is 5.16 Å². The van der Waals surface area contributed by atoms with Gasteiger partial charge in [-0.05, 0) is 44.5 Å². The monoisotopic (exact) mass is 372 g/mol. The molecule has 136 valence electrons.